The molecule has 0 spiro atoms. The summed E-state index contributed by atoms with van der Waals surface area (Å²) >= 11 is 4.93. The van der Waals surface area contributed by atoms with Crippen LogP contribution in [0.5, 0.6) is 0 Å². The van der Waals surface area contributed by atoms with Gasteiger partial charge in [-0.25, -0.2) is 0 Å². The van der Waals surface area contributed by atoms with Crippen molar-refractivity contribution in [2.75, 3.05) is 4.84 Å². The van der Waals surface area contributed by atoms with Crippen molar-refractivity contribution in [2.24, 2.45) is 0 Å². The normalized spacial score (nSPS) is 9.82. The molecule has 0 saturated heterocycles. The van der Waals surface area contributed by atoms with Gasteiger partial charge < -0.3 is 0 Å². The third-order valence-electron chi connectivity index (χ3n) is 0.988. The van der Waals surface area contributed by atoms with Crippen LogP contribution >= 0.6 is 11.8 Å². The molecule has 1 rings (SSSR count). The molecule has 11 heavy (non-hydrogen) atoms. The van der Waals surface area contributed by atoms with Crippen molar-refractivity contribution in [3.63, 3.8) is 0 Å². The van der Waals surface area contributed by atoms with Crippen LogP contribution in [0.4, 0.5) is 18.9 Å². The summed E-state index contributed by atoms with van der Waals surface area (Å²) in [5.41, 5.74) is -0.475. The van der Waals surface area contributed by atoms with Gasteiger partial charge in [0.25, 0.3) is 5.95 Å². The van der Waals surface area contributed by atoms with Gasteiger partial charge in [-0.2, -0.15) is 18.2 Å². The molecule has 0 bridgehead atoms. The molecule has 1 heterocycles. The van der Waals surface area contributed by atoms with Crippen molar-refractivity contribution < 1.29 is 13.2 Å². The summed E-state index contributed by atoms with van der Waals surface area (Å²) in [5.74, 6) is -3.96. The third kappa shape index (κ3) is 1.54. The molecule has 2 nitrogen and oxygen atoms in total. The number of nitrogens with zero attached hydrogens (tertiary/aromatic N) is 1. The molecule has 0 aromatic carbocycles. The maximum Gasteiger partial charge on any atom is 0.253 e. The van der Waals surface area contributed by atoms with E-state index >= 15 is 0 Å². The Morgan fingerprint density at radius 2 is 2.00 bits per heavy atom. The lowest BCUT2D eigenvalue weighted by Gasteiger charge is -1.99. The Morgan fingerprint density at radius 1 is 1.36 bits per heavy atom. The van der Waals surface area contributed by atoms with Crippen LogP contribution in [-0.4, -0.2) is 4.98 Å². The number of pyridine rings is 1. The fourth-order valence-corrected chi connectivity index (χ4v) is 0.675. The highest BCUT2D eigenvalue weighted by Gasteiger charge is 2.10. The van der Waals surface area contributed by atoms with E-state index in [-0.39, 0.29) is 0 Å². The van der Waals surface area contributed by atoms with E-state index < -0.39 is 23.4 Å². The van der Waals surface area contributed by atoms with E-state index in [1.807, 2.05) is 0 Å². The van der Waals surface area contributed by atoms with Gasteiger partial charge in [-0.05, 0) is 0 Å². The molecular formula is C5H2ClF3N2. The van der Waals surface area contributed by atoms with Crippen LogP contribution in [0.25, 0.3) is 0 Å². The minimum atomic E-state index is -1.52. The van der Waals surface area contributed by atoms with E-state index in [9.17, 15) is 13.2 Å². The van der Waals surface area contributed by atoms with Crippen molar-refractivity contribution in [1.82, 2.24) is 4.98 Å². The molecule has 0 radical (unpaired) electrons. The highest BCUT2D eigenvalue weighted by atomic mass is 35.5. The van der Waals surface area contributed by atoms with Crippen LogP contribution in [0.1, 0.15) is 0 Å². The average molecular weight is 183 g/mol. The quantitative estimate of drug-likeness (QED) is 0.531. The number of aromatic nitrogens is 1. The molecule has 6 heteroatoms. The molecular weight excluding hydrogens is 181 g/mol. The summed E-state index contributed by atoms with van der Waals surface area (Å²) in [6, 6.07) is 0.644. The van der Waals surface area contributed by atoms with E-state index in [0.29, 0.717) is 6.07 Å². The molecule has 1 aromatic rings. The first-order valence-electron chi connectivity index (χ1n) is 2.53. The number of halogens is 4. The molecule has 0 aliphatic rings. The zero-order chi connectivity index (χ0) is 8.43. The molecule has 0 aliphatic heterocycles. The summed E-state index contributed by atoms with van der Waals surface area (Å²) in [7, 11) is 0. The maximum atomic E-state index is 12.4. The lowest BCUT2D eigenvalue weighted by Crippen LogP contribution is -1.97. The topological polar surface area (TPSA) is 24.9 Å². The van der Waals surface area contributed by atoms with Gasteiger partial charge in [0, 0.05) is 17.8 Å². The van der Waals surface area contributed by atoms with E-state index in [1.165, 1.54) is 0 Å². The van der Waals surface area contributed by atoms with Crippen LogP contribution in [0.2, 0.25) is 0 Å². The van der Waals surface area contributed by atoms with Gasteiger partial charge >= 0.3 is 0 Å². The summed E-state index contributed by atoms with van der Waals surface area (Å²) in [6.45, 7) is 0. The Balaban J connectivity index is 3.24. The van der Waals surface area contributed by atoms with E-state index in [0.717, 1.165) is 0 Å². The molecule has 0 saturated carbocycles. The second kappa shape index (κ2) is 2.96. The minimum Gasteiger partial charge on any atom is -0.295 e. The first-order valence-corrected chi connectivity index (χ1v) is 2.91. The lowest BCUT2D eigenvalue weighted by molar-refractivity contribution is 0.450. The summed E-state index contributed by atoms with van der Waals surface area (Å²) in [6.07, 6.45) is 0. The molecule has 0 fully saturated rings. The van der Waals surface area contributed by atoms with Crippen molar-refractivity contribution in [3.8, 4) is 0 Å². The zero-order valence-corrected chi connectivity index (χ0v) is 5.79. The fourth-order valence-electron chi connectivity index (χ4n) is 0.537. The number of anilines is 1. The molecule has 0 unspecified atom stereocenters. The summed E-state index contributed by atoms with van der Waals surface area (Å²) in [4.78, 5) is 4.33. The van der Waals surface area contributed by atoms with Crippen LogP contribution < -0.4 is 4.84 Å². The second-order valence-electron chi connectivity index (χ2n) is 1.69. The largest absolute Gasteiger partial charge is 0.295 e. The van der Waals surface area contributed by atoms with E-state index in [4.69, 9.17) is 11.8 Å². The van der Waals surface area contributed by atoms with Crippen molar-refractivity contribution >= 4 is 17.5 Å². The lowest BCUT2D eigenvalue weighted by atomic mass is 10.4. The van der Waals surface area contributed by atoms with Gasteiger partial charge in [0.05, 0.1) is 5.69 Å². The van der Waals surface area contributed by atoms with Gasteiger partial charge in [0.15, 0.2) is 0 Å². The second-order valence-corrected chi connectivity index (χ2v) is 1.88. The number of hydrogen-bond donors (Lipinski definition) is 1. The van der Waals surface area contributed by atoms with E-state index in [1.54, 1.807) is 4.84 Å². The van der Waals surface area contributed by atoms with Gasteiger partial charge in [-0.15, -0.1) is 0 Å². The maximum absolute atomic E-state index is 12.4. The number of hydrogen-bond acceptors (Lipinski definition) is 2. The van der Waals surface area contributed by atoms with Crippen molar-refractivity contribution in [2.45, 2.75) is 0 Å². The monoisotopic (exact) mass is 182 g/mol. The van der Waals surface area contributed by atoms with Gasteiger partial charge in [0.2, 0.25) is 11.8 Å². The van der Waals surface area contributed by atoms with Crippen LogP contribution in [-0.2, 0) is 0 Å². The Kier molecular flexibility index (Phi) is 2.19. The molecule has 0 atom stereocenters. The minimum absolute atomic E-state index is 0.475. The predicted octanol–water partition coefficient (Wildman–Crippen LogP) is 2.06. The number of rotatable bonds is 1. The first-order chi connectivity index (χ1) is 5.15. The SMILES string of the molecule is Fc1cc(NCl)c(F)c(F)n1. The summed E-state index contributed by atoms with van der Waals surface area (Å²) < 4.78 is 36.8. The third-order valence-corrected chi connectivity index (χ3v) is 1.19. The molecule has 60 valence electrons. The Labute approximate surface area is 65.1 Å². The Hall–Kier alpha value is -0.970. The zero-order valence-electron chi connectivity index (χ0n) is 5.04. The molecule has 1 N–H and O–H groups in total. The highest BCUT2D eigenvalue weighted by Crippen LogP contribution is 2.16. The smallest absolute Gasteiger partial charge is 0.253 e. The van der Waals surface area contributed by atoms with Gasteiger partial charge in [-0.3, -0.25) is 4.84 Å². The van der Waals surface area contributed by atoms with E-state index in [2.05, 4.69) is 4.98 Å². The molecule has 0 aliphatic carbocycles. The first kappa shape index (κ1) is 8.13. The fraction of sp³-hybridized carbons (Fsp3) is 0. The predicted molar refractivity (Wildman–Crippen MR) is 33.6 cm³/mol. The highest BCUT2D eigenvalue weighted by molar-refractivity contribution is 6.23. The average Bonchev–Trinajstić information content (AvgIpc) is 1.96. The van der Waals surface area contributed by atoms with Crippen LogP contribution in [0.3, 0.4) is 0 Å². The van der Waals surface area contributed by atoms with Crippen LogP contribution in [0, 0.1) is 17.7 Å². The van der Waals surface area contributed by atoms with Gasteiger partial charge in [0.1, 0.15) is 0 Å². The molecule has 1 aromatic heterocycles. The Bertz CT molecular complexity index is 279. The summed E-state index contributed by atoms with van der Waals surface area (Å²) in [5, 5.41) is 0. The van der Waals surface area contributed by atoms with Crippen molar-refractivity contribution in [1.29, 1.82) is 0 Å². The molecule has 0 amide bonds. The Morgan fingerprint density at radius 3 is 2.55 bits per heavy atom. The van der Waals surface area contributed by atoms with Crippen molar-refractivity contribution in [3.05, 3.63) is 23.8 Å². The van der Waals surface area contributed by atoms with Gasteiger partial charge in [-0.1, -0.05) is 0 Å². The van der Waals surface area contributed by atoms with Crippen LogP contribution in [0.15, 0.2) is 6.07 Å². The number of nitrogens with one attached hydrogen (secondary N) is 1. The standard InChI is InChI=1S/C5H2ClF3N2/c6-11-2-1-3(7)10-5(9)4(2)8/h1H,(H,10,11).